The van der Waals surface area contributed by atoms with Crippen LogP contribution in [-0.4, -0.2) is 15.0 Å². The number of aromatic nitrogens is 3. The third-order valence-corrected chi connectivity index (χ3v) is 3.60. The van der Waals surface area contributed by atoms with E-state index in [1.165, 1.54) is 19.3 Å². The SMILES string of the molecule is CC1CCCC1C(NN)c1cnnn1C. The Labute approximate surface area is 90.0 Å². The van der Waals surface area contributed by atoms with Crippen molar-refractivity contribution in [2.24, 2.45) is 24.7 Å². The Balaban J connectivity index is 2.20. The van der Waals surface area contributed by atoms with Crippen molar-refractivity contribution in [1.29, 1.82) is 0 Å². The van der Waals surface area contributed by atoms with Gasteiger partial charge in [0.05, 0.1) is 17.9 Å². The lowest BCUT2D eigenvalue weighted by Gasteiger charge is -2.25. The predicted molar refractivity (Wildman–Crippen MR) is 57.6 cm³/mol. The number of aryl methyl sites for hydroxylation is 1. The Hall–Kier alpha value is -0.940. The minimum atomic E-state index is 0.183. The van der Waals surface area contributed by atoms with Gasteiger partial charge >= 0.3 is 0 Å². The molecule has 0 spiro atoms. The third-order valence-electron chi connectivity index (χ3n) is 3.60. The fraction of sp³-hybridized carbons (Fsp3) is 0.800. The number of rotatable bonds is 3. The Bertz CT molecular complexity index is 321. The summed E-state index contributed by atoms with van der Waals surface area (Å²) < 4.78 is 1.80. The average molecular weight is 209 g/mol. The quantitative estimate of drug-likeness (QED) is 0.569. The average Bonchev–Trinajstić information content (AvgIpc) is 2.80. The molecule has 1 fully saturated rings. The molecule has 0 aromatic carbocycles. The molecule has 84 valence electrons. The van der Waals surface area contributed by atoms with Crippen LogP contribution in [-0.2, 0) is 7.05 Å². The van der Waals surface area contributed by atoms with Gasteiger partial charge in [-0.15, -0.1) is 5.10 Å². The summed E-state index contributed by atoms with van der Waals surface area (Å²) in [6.07, 6.45) is 5.64. The van der Waals surface area contributed by atoms with Crippen LogP contribution in [0.2, 0.25) is 0 Å². The van der Waals surface area contributed by atoms with E-state index < -0.39 is 0 Å². The summed E-state index contributed by atoms with van der Waals surface area (Å²) in [5, 5.41) is 7.86. The first-order valence-corrected chi connectivity index (χ1v) is 5.54. The highest BCUT2D eigenvalue weighted by atomic mass is 15.4. The molecule has 1 heterocycles. The van der Waals surface area contributed by atoms with Gasteiger partial charge in [0.1, 0.15) is 0 Å². The van der Waals surface area contributed by atoms with Gasteiger partial charge in [-0.3, -0.25) is 16.0 Å². The van der Waals surface area contributed by atoms with Crippen molar-refractivity contribution in [2.75, 3.05) is 0 Å². The highest BCUT2D eigenvalue weighted by Crippen LogP contribution is 2.39. The summed E-state index contributed by atoms with van der Waals surface area (Å²) in [5.41, 5.74) is 4.00. The molecule has 0 aliphatic heterocycles. The molecule has 3 N–H and O–H groups in total. The molecule has 0 amide bonds. The van der Waals surface area contributed by atoms with Crippen molar-refractivity contribution in [1.82, 2.24) is 20.4 Å². The van der Waals surface area contributed by atoms with Crippen molar-refractivity contribution in [3.63, 3.8) is 0 Å². The number of hydrogen-bond acceptors (Lipinski definition) is 4. The molecule has 1 saturated carbocycles. The van der Waals surface area contributed by atoms with Crippen LogP contribution in [0.5, 0.6) is 0 Å². The highest BCUT2D eigenvalue weighted by molar-refractivity contribution is 5.05. The summed E-state index contributed by atoms with van der Waals surface area (Å²) in [6, 6.07) is 0.183. The molecule has 1 aliphatic rings. The molecule has 3 unspecified atom stereocenters. The number of hydrazine groups is 1. The molecule has 1 aliphatic carbocycles. The zero-order chi connectivity index (χ0) is 10.8. The van der Waals surface area contributed by atoms with E-state index in [-0.39, 0.29) is 6.04 Å². The standard InChI is InChI=1S/C10H19N5/c1-7-4-3-5-8(7)10(13-11)9-6-12-14-15(9)2/h6-8,10,13H,3-5,11H2,1-2H3. The van der Waals surface area contributed by atoms with Crippen molar-refractivity contribution < 1.29 is 0 Å². The van der Waals surface area contributed by atoms with Crippen LogP contribution in [0.15, 0.2) is 6.20 Å². The van der Waals surface area contributed by atoms with E-state index in [1.807, 2.05) is 7.05 Å². The lowest BCUT2D eigenvalue weighted by molar-refractivity contribution is 0.293. The minimum Gasteiger partial charge on any atom is -0.271 e. The van der Waals surface area contributed by atoms with E-state index in [4.69, 9.17) is 5.84 Å². The van der Waals surface area contributed by atoms with E-state index in [2.05, 4.69) is 22.7 Å². The third kappa shape index (κ3) is 1.89. The van der Waals surface area contributed by atoms with E-state index in [0.717, 1.165) is 11.6 Å². The largest absolute Gasteiger partial charge is 0.271 e. The molecule has 0 radical (unpaired) electrons. The maximum absolute atomic E-state index is 5.66. The number of nitrogens with zero attached hydrogens (tertiary/aromatic N) is 3. The van der Waals surface area contributed by atoms with Crippen LogP contribution >= 0.6 is 0 Å². The highest BCUT2D eigenvalue weighted by Gasteiger charge is 2.32. The molecular weight excluding hydrogens is 190 g/mol. The summed E-state index contributed by atoms with van der Waals surface area (Å²) in [7, 11) is 1.91. The second-order valence-corrected chi connectivity index (χ2v) is 4.50. The molecule has 0 saturated heterocycles. The predicted octanol–water partition coefficient (Wildman–Crippen LogP) is 0.756. The Morgan fingerprint density at radius 1 is 1.60 bits per heavy atom. The van der Waals surface area contributed by atoms with Gasteiger partial charge in [0, 0.05) is 7.05 Å². The van der Waals surface area contributed by atoms with Crippen molar-refractivity contribution in [2.45, 2.75) is 32.2 Å². The molecule has 3 atom stereocenters. The molecule has 5 nitrogen and oxygen atoms in total. The molecular formula is C10H19N5. The number of nitrogens with two attached hydrogens (primary N) is 1. The van der Waals surface area contributed by atoms with Gasteiger partial charge in [-0.25, -0.2) is 0 Å². The Morgan fingerprint density at radius 3 is 2.87 bits per heavy atom. The monoisotopic (exact) mass is 209 g/mol. The zero-order valence-electron chi connectivity index (χ0n) is 9.35. The first kappa shape index (κ1) is 10.6. The zero-order valence-corrected chi connectivity index (χ0v) is 9.35. The van der Waals surface area contributed by atoms with E-state index in [0.29, 0.717) is 5.92 Å². The van der Waals surface area contributed by atoms with Crippen LogP contribution in [0.4, 0.5) is 0 Å². The fourth-order valence-electron chi connectivity index (χ4n) is 2.68. The van der Waals surface area contributed by atoms with Crippen molar-refractivity contribution in [3.8, 4) is 0 Å². The first-order chi connectivity index (χ1) is 7.24. The normalized spacial score (nSPS) is 28.2. The molecule has 1 aromatic rings. The Kier molecular flexibility index (Phi) is 3.02. The maximum atomic E-state index is 5.66. The van der Waals surface area contributed by atoms with Crippen molar-refractivity contribution in [3.05, 3.63) is 11.9 Å². The molecule has 5 heteroatoms. The summed E-state index contributed by atoms with van der Waals surface area (Å²) in [4.78, 5) is 0. The summed E-state index contributed by atoms with van der Waals surface area (Å²) >= 11 is 0. The van der Waals surface area contributed by atoms with Crippen molar-refractivity contribution >= 4 is 0 Å². The van der Waals surface area contributed by atoms with Crippen LogP contribution in [0.1, 0.15) is 37.9 Å². The summed E-state index contributed by atoms with van der Waals surface area (Å²) in [6.45, 7) is 2.30. The van der Waals surface area contributed by atoms with E-state index in [1.54, 1.807) is 10.9 Å². The maximum Gasteiger partial charge on any atom is 0.0769 e. The van der Waals surface area contributed by atoms with Gasteiger partial charge in [0.2, 0.25) is 0 Å². The lowest BCUT2D eigenvalue weighted by Crippen LogP contribution is -2.35. The van der Waals surface area contributed by atoms with Gasteiger partial charge in [0.25, 0.3) is 0 Å². The topological polar surface area (TPSA) is 68.8 Å². The first-order valence-electron chi connectivity index (χ1n) is 5.54. The second kappa shape index (κ2) is 4.28. The molecule has 15 heavy (non-hydrogen) atoms. The second-order valence-electron chi connectivity index (χ2n) is 4.50. The number of nitrogens with one attached hydrogen (secondary N) is 1. The Morgan fingerprint density at radius 2 is 2.40 bits per heavy atom. The van der Waals surface area contributed by atoms with E-state index in [9.17, 15) is 0 Å². The minimum absolute atomic E-state index is 0.183. The van der Waals surface area contributed by atoms with Crippen LogP contribution < -0.4 is 11.3 Å². The van der Waals surface area contributed by atoms with Crippen LogP contribution in [0, 0.1) is 11.8 Å². The van der Waals surface area contributed by atoms with Crippen LogP contribution in [0.25, 0.3) is 0 Å². The lowest BCUT2D eigenvalue weighted by atomic mass is 9.89. The van der Waals surface area contributed by atoms with Gasteiger partial charge in [-0.2, -0.15) is 0 Å². The molecule has 2 rings (SSSR count). The van der Waals surface area contributed by atoms with Gasteiger partial charge in [0.15, 0.2) is 0 Å². The number of hydrogen-bond donors (Lipinski definition) is 2. The summed E-state index contributed by atoms with van der Waals surface area (Å²) in [5.74, 6) is 6.98. The molecule has 0 bridgehead atoms. The van der Waals surface area contributed by atoms with E-state index >= 15 is 0 Å². The van der Waals surface area contributed by atoms with Gasteiger partial charge in [-0.1, -0.05) is 25.0 Å². The van der Waals surface area contributed by atoms with Gasteiger partial charge in [-0.05, 0) is 18.3 Å². The smallest absolute Gasteiger partial charge is 0.0769 e. The van der Waals surface area contributed by atoms with Crippen LogP contribution in [0.3, 0.4) is 0 Å². The molecule has 1 aromatic heterocycles. The fourth-order valence-corrected chi connectivity index (χ4v) is 2.68. The van der Waals surface area contributed by atoms with Gasteiger partial charge < -0.3 is 0 Å².